The number of likely N-dealkylation sites (tertiary alicyclic amines) is 1. The van der Waals surface area contributed by atoms with Crippen molar-refractivity contribution in [1.29, 1.82) is 5.26 Å². The summed E-state index contributed by atoms with van der Waals surface area (Å²) in [6.07, 6.45) is 7.17. The van der Waals surface area contributed by atoms with Gasteiger partial charge in [-0.05, 0) is 57.5 Å². The van der Waals surface area contributed by atoms with Gasteiger partial charge in [-0.3, -0.25) is 0 Å². The van der Waals surface area contributed by atoms with Crippen LogP contribution in [0.2, 0.25) is 0 Å². The zero-order valence-electron chi connectivity index (χ0n) is 11.2. The molecular weight excluding hydrogens is 208 g/mol. The molecule has 2 rings (SSSR count). The largest absolute Gasteiger partial charge is 0.303 e. The van der Waals surface area contributed by atoms with Crippen molar-refractivity contribution in [2.24, 2.45) is 17.8 Å². The Kier molecular flexibility index (Phi) is 4.23. The standard InChI is InChI=1S/C15H24N2/c1-12-4-3-5-13(2)15(12)11-17-8-6-14(10-16)7-9-17/h4,13-15H,3,5-9,11H2,1-2H3/t13-,15-/m1/s1. The van der Waals surface area contributed by atoms with E-state index in [1.165, 1.54) is 19.4 Å². The Hall–Kier alpha value is -0.810. The maximum absolute atomic E-state index is 8.91. The molecule has 2 nitrogen and oxygen atoms in total. The summed E-state index contributed by atoms with van der Waals surface area (Å²) in [4.78, 5) is 2.57. The third-order valence-electron chi connectivity index (χ3n) is 4.59. The van der Waals surface area contributed by atoms with Gasteiger partial charge in [0.1, 0.15) is 0 Å². The van der Waals surface area contributed by atoms with Crippen LogP contribution in [0, 0.1) is 29.1 Å². The van der Waals surface area contributed by atoms with E-state index >= 15 is 0 Å². The molecule has 2 heteroatoms. The van der Waals surface area contributed by atoms with Gasteiger partial charge < -0.3 is 4.90 Å². The molecule has 0 amide bonds. The quantitative estimate of drug-likeness (QED) is 0.684. The van der Waals surface area contributed by atoms with Crippen LogP contribution in [0.4, 0.5) is 0 Å². The van der Waals surface area contributed by atoms with Crippen molar-refractivity contribution in [1.82, 2.24) is 4.90 Å². The van der Waals surface area contributed by atoms with Crippen molar-refractivity contribution in [3.8, 4) is 6.07 Å². The van der Waals surface area contributed by atoms with Gasteiger partial charge in [0.25, 0.3) is 0 Å². The molecular formula is C15H24N2. The Morgan fingerprint density at radius 1 is 1.35 bits per heavy atom. The van der Waals surface area contributed by atoms with E-state index in [2.05, 4.69) is 30.9 Å². The van der Waals surface area contributed by atoms with E-state index < -0.39 is 0 Å². The van der Waals surface area contributed by atoms with Crippen LogP contribution < -0.4 is 0 Å². The second-order valence-corrected chi connectivity index (χ2v) is 5.81. The highest BCUT2D eigenvalue weighted by molar-refractivity contribution is 5.09. The van der Waals surface area contributed by atoms with E-state index in [0.29, 0.717) is 5.92 Å². The Morgan fingerprint density at radius 3 is 2.65 bits per heavy atom. The zero-order valence-corrected chi connectivity index (χ0v) is 11.2. The summed E-state index contributed by atoms with van der Waals surface area (Å²) in [5.74, 6) is 1.89. The second-order valence-electron chi connectivity index (χ2n) is 5.81. The fourth-order valence-electron chi connectivity index (χ4n) is 3.22. The molecule has 94 valence electrons. The number of allylic oxidation sites excluding steroid dienone is 1. The van der Waals surface area contributed by atoms with Crippen LogP contribution in [-0.2, 0) is 0 Å². The van der Waals surface area contributed by atoms with Crippen LogP contribution in [0.1, 0.15) is 39.5 Å². The van der Waals surface area contributed by atoms with Gasteiger partial charge in [-0.25, -0.2) is 0 Å². The first-order valence-electron chi connectivity index (χ1n) is 6.99. The van der Waals surface area contributed by atoms with Gasteiger partial charge >= 0.3 is 0 Å². The first-order valence-corrected chi connectivity index (χ1v) is 6.99. The number of hydrogen-bond acceptors (Lipinski definition) is 2. The minimum Gasteiger partial charge on any atom is -0.303 e. The molecule has 1 aliphatic carbocycles. The molecule has 0 N–H and O–H groups in total. The minimum atomic E-state index is 0.312. The Morgan fingerprint density at radius 2 is 2.06 bits per heavy atom. The van der Waals surface area contributed by atoms with Crippen molar-refractivity contribution < 1.29 is 0 Å². The second kappa shape index (κ2) is 5.69. The number of rotatable bonds is 2. The van der Waals surface area contributed by atoms with E-state index in [4.69, 9.17) is 5.26 Å². The van der Waals surface area contributed by atoms with Crippen molar-refractivity contribution in [3.05, 3.63) is 11.6 Å². The van der Waals surface area contributed by atoms with Gasteiger partial charge in [0.2, 0.25) is 0 Å². The monoisotopic (exact) mass is 232 g/mol. The SMILES string of the molecule is CC1=CCC[C@@H](C)[C@@H]1CN1CCC(C#N)CC1. The fraction of sp³-hybridized carbons (Fsp3) is 0.800. The van der Waals surface area contributed by atoms with Crippen molar-refractivity contribution in [3.63, 3.8) is 0 Å². The third-order valence-corrected chi connectivity index (χ3v) is 4.59. The summed E-state index contributed by atoms with van der Waals surface area (Å²) in [5.41, 5.74) is 1.59. The van der Waals surface area contributed by atoms with Crippen molar-refractivity contribution in [2.75, 3.05) is 19.6 Å². The van der Waals surface area contributed by atoms with E-state index in [0.717, 1.165) is 37.8 Å². The maximum Gasteiger partial charge on any atom is 0.0656 e. The van der Waals surface area contributed by atoms with Crippen LogP contribution in [0.3, 0.4) is 0 Å². The molecule has 0 radical (unpaired) electrons. The third kappa shape index (κ3) is 3.10. The first-order chi connectivity index (χ1) is 8.20. The predicted molar refractivity (Wildman–Crippen MR) is 70.4 cm³/mol. The van der Waals surface area contributed by atoms with Crippen LogP contribution in [0.25, 0.3) is 0 Å². The van der Waals surface area contributed by atoms with E-state index in [9.17, 15) is 0 Å². The summed E-state index contributed by atoms with van der Waals surface area (Å²) in [6.45, 7) is 8.14. The minimum absolute atomic E-state index is 0.312. The summed E-state index contributed by atoms with van der Waals surface area (Å²) in [5, 5.41) is 8.91. The summed E-state index contributed by atoms with van der Waals surface area (Å²) >= 11 is 0. The summed E-state index contributed by atoms with van der Waals surface area (Å²) in [7, 11) is 0. The van der Waals surface area contributed by atoms with Crippen LogP contribution in [0.5, 0.6) is 0 Å². The summed E-state index contributed by atoms with van der Waals surface area (Å²) in [6, 6.07) is 2.41. The molecule has 0 saturated carbocycles. The highest BCUT2D eigenvalue weighted by atomic mass is 15.1. The maximum atomic E-state index is 8.91. The van der Waals surface area contributed by atoms with Crippen LogP contribution in [-0.4, -0.2) is 24.5 Å². The highest BCUT2D eigenvalue weighted by Gasteiger charge is 2.26. The predicted octanol–water partition coefficient (Wildman–Crippen LogP) is 3.21. The van der Waals surface area contributed by atoms with E-state index in [1.807, 2.05) is 0 Å². The van der Waals surface area contributed by atoms with Gasteiger partial charge in [-0.2, -0.15) is 5.26 Å². The van der Waals surface area contributed by atoms with Crippen molar-refractivity contribution in [2.45, 2.75) is 39.5 Å². The lowest BCUT2D eigenvalue weighted by Crippen LogP contribution is -2.39. The lowest BCUT2D eigenvalue weighted by Gasteiger charge is -2.36. The molecule has 0 bridgehead atoms. The lowest BCUT2D eigenvalue weighted by atomic mass is 9.79. The van der Waals surface area contributed by atoms with Crippen LogP contribution >= 0.6 is 0 Å². The smallest absolute Gasteiger partial charge is 0.0656 e. The fourth-order valence-corrected chi connectivity index (χ4v) is 3.22. The Labute approximate surface area is 105 Å². The van der Waals surface area contributed by atoms with Gasteiger partial charge in [0.15, 0.2) is 0 Å². The molecule has 17 heavy (non-hydrogen) atoms. The Balaban J connectivity index is 1.87. The molecule has 0 unspecified atom stereocenters. The average Bonchev–Trinajstić information content (AvgIpc) is 2.35. The molecule has 1 aliphatic heterocycles. The molecule has 0 aromatic rings. The molecule has 0 aromatic heterocycles. The first kappa shape index (κ1) is 12.6. The molecule has 0 aromatic carbocycles. The molecule has 0 spiro atoms. The zero-order chi connectivity index (χ0) is 12.3. The number of piperidine rings is 1. The van der Waals surface area contributed by atoms with Gasteiger partial charge in [-0.1, -0.05) is 18.6 Å². The normalized spacial score (nSPS) is 31.9. The van der Waals surface area contributed by atoms with Crippen molar-refractivity contribution >= 4 is 0 Å². The topological polar surface area (TPSA) is 27.0 Å². The molecule has 1 fully saturated rings. The molecule has 1 saturated heterocycles. The van der Waals surface area contributed by atoms with Gasteiger partial charge in [0.05, 0.1) is 6.07 Å². The van der Waals surface area contributed by atoms with Crippen LogP contribution in [0.15, 0.2) is 11.6 Å². The average molecular weight is 232 g/mol. The number of nitriles is 1. The summed E-state index contributed by atoms with van der Waals surface area (Å²) < 4.78 is 0. The Bertz CT molecular complexity index is 318. The van der Waals surface area contributed by atoms with Gasteiger partial charge in [-0.15, -0.1) is 0 Å². The molecule has 2 atom stereocenters. The van der Waals surface area contributed by atoms with E-state index in [-0.39, 0.29) is 0 Å². The number of nitrogens with zero attached hydrogens (tertiary/aromatic N) is 2. The lowest BCUT2D eigenvalue weighted by molar-refractivity contribution is 0.163. The number of hydrogen-bond donors (Lipinski definition) is 0. The van der Waals surface area contributed by atoms with E-state index in [1.54, 1.807) is 5.57 Å². The molecule has 2 aliphatic rings. The highest BCUT2D eigenvalue weighted by Crippen LogP contribution is 2.31. The van der Waals surface area contributed by atoms with Gasteiger partial charge in [0, 0.05) is 12.5 Å². The molecule has 1 heterocycles.